The fourth-order valence-electron chi connectivity index (χ4n) is 1.97. The topological polar surface area (TPSA) is 85.3 Å². The van der Waals surface area contributed by atoms with Crippen molar-refractivity contribution < 1.29 is 4.92 Å². The molecule has 0 bridgehead atoms. The van der Waals surface area contributed by atoms with Crippen LogP contribution in [0.2, 0.25) is 0 Å². The van der Waals surface area contributed by atoms with Gasteiger partial charge in [0, 0.05) is 12.2 Å². The number of nitrogen functional groups attached to an aromatic ring is 1. The van der Waals surface area contributed by atoms with Gasteiger partial charge in [-0.2, -0.15) is 0 Å². The Balaban J connectivity index is 2.46. The van der Waals surface area contributed by atoms with Gasteiger partial charge in [0.05, 0.1) is 17.1 Å². The van der Waals surface area contributed by atoms with Gasteiger partial charge in [0.15, 0.2) is 0 Å². The minimum absolute atomic E-state index is 0.0574. The van der Waals surface area contributed by atoms with E-state index in [0.717, 1.165) is 11.3 Å². The quantitative estimate of drug-likeness (QED) is 0.683. The summed E-state index contributed by atoms with van der Waals surface area (Å²) in [6.45, 7) is 4.59. The molecule has 1 aromatic carbocycles. The maximum atomic E-state index is 10.9. The predicted molar refractivity (Wildman–Crippen MR) is 79.2 cm³/mol. The number of aryl methyl sites for hydroxylation is 1. The largest absolute Gasteiger partial charge is 0.383 e. The van der Waals surface area contributed by atoms with Gasteiger partial charge in [0.1, 0.15) is 11.6 Å². The van der Waals surface area contributed by atoms with Crippen LogP contribution in [0, 0.1) is 17.0 Å². The van der Waals surface area contributed by atoms with Gasteiger partial charge < -0.3 is 10.6 Å². The molecule has 0 amide bonds. The Kier molecular flexibility index (Phi) is 3.84. The van der Waals surface area contributed by atoms with Crippen LogP contribution < -0.4 is 10.6 Å². The summed E-state index contributed by atoms with van der Waals surface area (Å²) in [5.74, 6) is 0.614. The third kappa shape index (κ3) is 2.85. The maximum Gasteiger partial charge on any atom is 0.276 e. The lowest BCUT2D eigenvalue weighted by atomic mass is 10.2. The Labute approximate surface area is 117 Å². The van der Waals surface area contributed by atoms with Gasteiger partial charge in [-0.15, -0.1) is 0 Å². The molecular formula is C14H16N4O2. The number of pyridine rings is 1. The van der Waals surface area contributed by atoms with Crippen molar-refractivity contribution in [1.29, 1.82) is 0 Å². The highest BCUT2D eigenvalue weighted by atomic mass is 16.6. The number of rotatable bonds is 4. The van der Waals surface area contributed by atoms with Crippen molar-refractivity contribution >= 4 is 23.0 Å². The number of nitro groups is 1. The molecule has 0 radical (unpaired) electrons. The van der Waals surface area contributed by atoms with E-state index in [1.807, 2.05) is 43.0 Å². The molecule has 0 unspecified atom stereocenters. The second-order valence-electron chi connectivity index (χ2n) is 4.45. The molecular weight excluding hydrogens is 256 g/mol. The number of anilines is 3. The Morgan fingerprint density at radius 3 is 2.50 bits per heavy atom. The minimum atomic E-state index is -0.468. The van der Waals surface area contributed by atoms with E-state index in [9.17, 15) is 10.1 Å². The molecule has 0 saturated carbocycles. The Hall–Kier alpha value is -2.63. The molecule has 0 atom stereocenters. The van der Waals surface area contributed by atoms with Crippen molar-refractivity contribution in [2.24, 2.45) is 0 Å². The van der Waals surface area contributed by atoms with Crippen molar-refractivity contribution in [2.45, 2.75) is 13.8 Å². The van der Waals surface area contributed by atoms with Crippen LogP contribution in [0.1, 0.15) is 12.5 Å². The van der Waals surface area contributed by atoms with E-state index < -0.39 is 4.92 Å². The van der Waals surface area contributed by atoms with E-state index in [1.54, 1.807) is 0 Å². The van der Waals surface area contributed by atoms with Gasteiger partial charge in [-0.1, -0.05) is 17.7 Å². The highest BCUT2D eigenvalue weighted by Gasteiger charge is 2.15. The molecule has 20 heavy (non-hydrogen) atoms. The molecule has 0 aliphatic heterocycles. The zero-order chi connectivity index (χ0) is 14.7. The first kappa shape index (κ1) is 13.8. The maximum absolute atomic E-state index is 10.9. The lowest BCUT2D eigenvalue weighted by Gasteiger charge is -2.22. The molecule has 2 rings (SSSR count). The first-order chi connectivity index (χ1) is 9.51. The summed E-state index contributed by atoms with van der Waals surface area (Å²) in [5.41, 5.74) is 7.66. The number of hydrogen-bond acceptors (Lipinski definition) is 5. The van der Waals surface area contributed by atoms with Gasteiger partial charge in [-0.25, -0.2) is 4.98 Å². The molecule has 0 spiro atoms. The van der Waals surface area contributed by atoms with Crippen LogP contribution >= 0.6 is 0 Å². The van der Waals surface area contributed by atoms with Gasteiger partial charge in [-0.3, -0.25) is 10.1 Å². The lowest BCUT2D eigenvalue weighted by Crippen LogP contribution is -2.18. The number of nitrogens with zero attached hydrogens (tertiary/aromatic N) is 3. The van der Waals surface area contributed by atoms with Crippen LogP contribution in [-0.2, 0) is 0 Å². The van der Waals surface area contributed by atoms with Crippen molar-refractivity contribution in [3.63, 3.8) is 0 Å². The van der Waals surface area contributed by atoms with Crippen molar-refractivity contribution in [3.8, 4) is 0 Å². The van der Waals surface area contributed by atoms with Crippen LogP contribution in [0.3, 0.4) is 0 Å². The first-order valence-corrected chi connectivity index (χ1v) is 6.27. The average Bonchev–Trinajstić information content (AvgIpc) is 2.41. The van der Waals surface area contributed by atoms with Crippen molar-refractivity contribution in [2.75, 3.05) is 17.2 Å². The summed E-state index contributed by atoms with van der Waals surface area (Å²) in [6, 6.07) is 10.6. The second-order valence-corrected chi connectivity index (χ2v) is 4.45. The fourth-order valence-corrected chi connectivity index (χ4v) is 1.97. The SMILES string of the molecule is CCN(c1ccc(C)cc1)c1cc([N+](=O)[O-])cc(N)n1. The highest BCUT2D eigenvalue weighted by molar-refractivity contribution is 5.64. The zero-order valence-corrected chi connectivity index (χ0v) is 11.4. The van der Waals surface area contributed by atoms with Crippen molar-refractivity contribution in [1.82, 2.24) is 4.98 Å². The van der Waals surface area contributed by atoms with Crippen LogP contribution in [0.15, 0.2) is 36.4 Å². The number of aromatic nitrogens is 1. The van der Waals surface area contributed by atoms with Crippen LogP contribution in [0.5, 0.6) is 0 Å². The van der Waals surface area contributed by atoms with Gasteiger partial charge >= 0.3 is 0 Å². The molecule has 0 fully saturated rings. The van der Waals surface area contributed by atoms with Crippen LogP contribution in [-0.4, -0.2) is 16.5 Å². The molecule has 1 heterocycles. The molecule has 1 aromatic heterocycles. The Morgan fingerprint density at radius 1 is 1.30 bits per heavy atom. The summed E-state index contributed by atoms with van der Waals surface area (Å²) >= 11 is 0. The van der Waals surface area contributed by atoms with Gasteiger partial charge in [0.25, 0.3) is 5.69 Å². The number of hydrogen-bond donors (Lipinski definition) is 1. The van der Waals surface area contributed by atoms with Gasteiger partial charge in [-0.05, 0) is 26.0 Å². The minimum Gasteiger partial charge on any atom is -0.383 e. The Bertz CT molecular complexity index is 626. The molecule has 6 heteroatoms. The van der Waals surface area contributed by atoms with Gasteiger partial charge in [0.2, 0.25) is 0 Å². The molecule has 0 aliphatic rings. The summed E-state index contributed by atoms with van der Waals surface area (Å²) in [5, 5.41) is 10.9. The van der Waals surface area contributed by atoms with Crippen LogP contribution in [0.25, 0.3) is 0 Å². The molecule has 104 valence electrons. The molecule has 6 nitrogen and oxygen atoms in total. The third-order valence-corrected chi connectivity index (χ3v) is 2.97. The average molecular weight is 272 g/mol. The fraction of sp³-hybridized carbons (Fsp3) is 0.214. The molecule has 2 N–H and O–H groups in total. The normalized spacial score (nSPS) is 10.3. The van der Waals surface area contributed by atoms with E-state index in [4.69, 9.17) is 5.73 Å². The molecule has 2 aromatic rings. The van der Waals surface area contributed by atoms with E-state index in [1.165, 1.54) is 12.1 Å². The van der Waals surface area contributed by atoms with E-state index in [-0.39, 0.29) is 11.5 Å². The summed E-state index contributed by atoms with van der Waals surface area (Å²) in [6.07, 6.45) is 0. The smallest absolute Gasteiger partial charge is 0.276 e. The number of benzene rings is 1. The summed E-state index contributed by atoms with van der Waals surface area (Å²) < 4.78 is 0. The lowest BCUT2D eigenvalue weighted by molar-refractivity contribution is -0.384. The Morgan fingerprint density at radius 2 is 1.95 bits per heavy atom. The van der Waals surface area contributed by atoms with E-state index in [0.29, 0.717) is 12.4 Å². The van der Waals surface area contributed by atoms with Crippen molar-refractivity contribution in [3.05, 3.63) is 52.1 Å². The zero-order valence-electron chi connectivity index (χ0n) is 11.4. The first-order valence-electron chi connectivity index (χ1n) is 6.27. The molecule has 0 saturated heterocycles. The van der Waals surface area contributed by atoms with Crippen LogP contribution in [0.4, 0.5) is 23.0 Å². The third-order valence-electron chi connectivity index (χ3n) is 2.97. The second kappa shape index (κ2) is 5.56. The number of nitrogens with two attached hydrogens (primary N) is 1. The molecule has 0 aliphatic carbocycles. The van der Waals surface area contributed by atoms with E-state index in [2.05, 4.69) is 4.98 Å². The summed E-state index contributed by atoms with van der Waals surface area (Å²) in [4.78, 5) is 16.5. The van der Waals surface area contributed by atoms with E-state index >= 15 is 0 Å². The summed E-state index contributed by atoms with van der Waals surface area (Å²) in [7, 11) is 0. The predicted octanol–water partition coefficient (Wildman–Crippen LogP) is 3.04. The monoisotopic (exact) mass is 272 g/mol. The standard InChI is InChI=1S/C14H16N4O2/c1-3-17(11-6-4-10(2)5-7-11)14-9-12(18(19)20)8-13(15)16-14/h4-9H,3H2,1-2H3,(H2,15,16). The highest BCUT2D eigenvalue weighted by Crippen LogP contribution is 2.28.